The molecule has 4 aromatic rings. The number of hydrogen-bond donors (Lipinski definition) is 1. The van der Waals surface area contributed by atoms with E-state index in [9.17, 15) is 9.59 Å². The van der Waals surface area contributed by atoms with E-state index >= 15 is 0 Å². The van der Waals surface area contributed by atoms with Crippen LogP contribution < -0.4 is 14.8 Å². The predicted molar refractivity (Wildman–Crippen MR) is 125 cm³/mol. The van der Waals surface area contributed by atoms with Gasteiger partial charge in [0, 0.05) is 47.3 Å². The van der Waals surface area contributed by atoms with E-state index in [-0.39, 0.29) is 0 Å². The van der Waals surface area contributed by atoms with Crippen LogP contribution in [0.2, 0.25) is 5.15 Å². The molecule has 0 aliphatic carbocycles. The van der Waals surface area contributed by atoms with Gasteiger partial charge in [-0.1, -0.05) is 17.7 Å². The minimum absolute atomic E-state index is 0.310. The SMILES string of the molecule is COc1ccc2c(c1)c(C(=O)C(=O)Nc1ccnc(OC)c1)c(C)n2Cc1ccc(Cl)nc1. The molecule has 0 saturated carbocycles. The fourth-order valence-electron chi connectivity index (χ4n) is 3.66. The molecular formula is C24H21ClN4O4. The molecule has 1 aromatic carbocycles. The van der Waals surface area contributed by atoms with Crippen LogP contribution in [0.25, 0.3) is 10.9 Å². The molecule has 9 heteroatoms. The highest BCUT2D eigenvalue weighted by atomic mass is 35.5. The first-order valence-corrected chi connectivity index (χ1v) is 10.4. The summed E-state index contributed by atoms with van der Waals surface area (Å²) in [6, 6.07) is 12.1. The number of carbonyl (C=O) groups is 2. The summed E-state index contributed by atoms with van der Waals surface area (Å²) in [6.07, 6.45) is 3.17. The molecule has 3 heterocycles. The van der Waals surface area contributed by atoms with Crippen LogP contribution in [0.5, 0.6) is 11.6 Å². The van der Waals surface area contributed by atoms with Gasteiger partial charge in [-0.05, 0) is 42.8 Å². The number of ketones is 1. The van der Waals surface area contributed by atoms with Crippen LogP contribution in [0.15, 0.2) is 54.9 Å². The number of fused-ring (bicyclic) bond motifs is 1. The zero-order valence-corrected chi connectivity index (χ0v) is 19.0. The number of nitrogens with zero attached hydrogens (tertiary/aromatic N) is 3. The highest BCUT2D eigenvalue weighted by Crippen LogP contribution is 2.31. The average Bonchev–Trinajstić information content (AvgIpc) is 3.10. The molecule has 0 aliphatic heterocycles. The molecule has 168 valence electrons. The lowest BCUT2D eigenvalue weighted by Gasteiger charge is -2.09. The highest BCUT2D eigenvalue weighted by Gasteiger charge is 2.26. The number of rotatable bonds is 7. The summed E-state index contributed by atoms with van der Waals surface area (Å²) in [6.45, 7) is 2.26. The zero-order valence-electron chi connectivity index (χ0n) is 18.3. The minimum Gasteiger partial charge on any atom is -0.497 e. The molecule has 33 heavy (non-hydrogen) atoms. The topological polar surface area (TPSA) is 95.3 Å². The van der Waals surface area contributed by atoms with Gasteiger partial charge in [0.05, 0.1) is 19.8 Å². The summed E-state index contributed by atoms with van der Waals surface area (Å²) in [5.41, 5.74) is 3.07. The van der Waals surface area contributed by atoms with E-state index in [2.05, 4.69) is 15.3 Å². The first-order valence-electron chi connectivity index (χ1n) is 10.0. The van der Waals surface area contributed by atoms with Crippen LogP contribution in [-0.4, -0.2) is 40.4 Å². The zero-order chi connectivity index (χ0) is 23.5. The number of Topliss-reactive ketones (excluding diaryl/α,β-unsaturated/α-hetero) is 1. The van der Waals surface area contributed by atoms with E-state index < -0.39 is 11.7 Å². The smallest absolute Gasteiger partial charge is 0.296 e. The molecule has 4 rings (SSSR count). The van der Waals surface area contributed by atoms with Crippen LogP contribution in [-0.2, 0) is 11.3 Å². The molecule has 0 unspecified atom stereocenters. The van der Waals surface area contributed by atoms with Gasteiger partial charge in [-0.2, -0.15) is 0 Å². The van der Waals surface area contributed by atoms with E-state index in [0.29, 0.717) is 45.7 Å². The van der Waals surface area contributed by atoms with Crippen molar-refractivity contribution in [2.24, 2.45) is 0 Å². The molecule has 0 bridgehead atoms. The molecule has 3 aromatic heterocycles. The Labute approximate surface area is 195 Å². The number of halogens is 1. The van der Waals surface area contributed by atoms with Crippen LogP contribution in [0.4, 0.5) is 5.69 Å². The van der Waals surface area contributed by atoms with Crippen molar-refractivity contribution in [3.8, 4) is 11.6 Å². The van der Waals surface area contributed by atoms with Gasteiger partial charge in [-0.25, -0.2) is 9.97 Å². The molecule has 0 fully saturated rings. The molecule has 1 N–H and O–H groups in total. The van der Waals surface area contributed by atoms with E-state index in [1.54, 1.807) is 31.5 Å². The first kappa shape index (κ1) is 22.3. The van der Waals surface area contributed by atoms with Crippen molar-refractivity contribution in [3.05, 3.63) is 76.8 Å². The summed E-state index contributed by atoms with van der Waals surface area (Å²) in [5, 5.41) is 3.65. The van der Waals surface area contributed by atoms with E-state index in [0.717, 1.165) is 11.1 Å². The van der Waals surface area contributed by atoms with E-state index in [4.69, 9.17) is 21.1 Å². The Hall–Kier alpha value is -3.91. The van der Waals surface area contributed by atoms with E-state index in [1.807, 2.05) is 29.7 Å². The molecule has 0 aliphatic rings. The summed E-state index contributed by atoms with van der Waals surface area (Å²) < 4.78 is 12.4. The largest absolute Gasteiger partial charge is 0.497 e. The Morgan fingerprint density at radius 3 is 2.58 bits per heavy atom. The summed E-state index contributed by atoms with van der Waals surface area (Å²) in [5.74, 6) is -0.508. The number of methoxy groups -OCH3 is 2. The third kappa shape index (κ3) is 4.51. The van der Waals surface area contributed by atoms with Gasteiger partial charge in [0.25, 0.3) is 11.7 Å². The van der Waals surface area contributed by atoms with Gasteiger partial charge in [0.15, 0.2) is 0 Å². The van der Waals surface area contributed by atoms with Gasteiger partial charge in [0.1, 0.15) is 10.9 Å². The number of amides is 1. The molecule has 0 spiro atoms. The number of carbonyl (C=O) groups excluding carboxylic acids is 2. The Morgan fingerprint density at radius 2 is 1.88 bits per heavy atom. The minimum atomic E-state index is -0.763. The number of aromatic nitrogens is 3. The molecule has 0 atom stereocenters. The van der Waals surface area contributed by atoms with Gasteiger partial charge in [-0.3, -0.25) is 9.59 Å². The van der Waals surface area contributed by atoms with Crippen LogP contribution in [0.1, 0.15) is 21.6 Å². The number of anilines is 1. The second-order valence-corrected chi connectivity index (χ2v) is 7.68. The Morgan fingerprint density at radius 1 is 1.06 bits per heavy atom. The number of benzene rings is 1. The van der Waals surface area contributed by atoms with Gasteiger partial charge >= 0.3 is 0 Å². The number of hydrogen-bond acceptors (Lipinski definition) is 6. The fourth-order valence-corrected chi connectivity index (χ4v) is 3.77. The number of nitrogens with one attached hydrogen (secondary N) is 1. The quantitative estimate of drug-likeness (QED) is 0.249. The second kappa shape index (κ2) is 9.30. The Bertz CT molecular complexity index is 1350. The Balaban J connectivity index is 1.75. The van der Waals surface area contributed by atoms with Crippen molar-refractivity contribution in [1.29, 1.82) is 0 Å². The fraction of sp³-hybridized carbons (Fsp3) is 0.167. The first-order chi connectivity index (χ1) is 15.9. The van der Waals surface area contributed by atoms with Crippen LogP contribution >= 0.6 is 11.6 Å². The van der Waals surface area contributed by atoms with E-state index in [1.165, 1.54) is 19.4 Å². The maximum Gasteiger partial charge on any atom is 0.296 e. The van der Waals surface area contributed by atoms with Gasteiger partial charge in [0.2, 0.25) is 5.88 Å². The van der Waals surface area contributed by atoms with Crippen LogP contribution in [0.3, 0.4) is 0 Å². The third-order valence-corrected chi connectivity index (χ3v) is 5.52. The average molecular weight is 465 g/mol. The lowest BCUT2D eigenvalue weighted by atomic mass is 10.1. The van der Waals surface area contributed by atoms with Crippen molar-refractivity contribution in [3.63, 3.8) is 0 Å². The lowest BCUT2D eigenvalue weighted by Crippen LogP contribution is -2.23. The maximum atomic E-state index is 13.3. The summed E-state index contributed by atoms with van der Waals surface area (Å²) >= 11 is 5.91. The normalized spacial score (nSPS) is 10.8. The number of ether oxygens (including phenoxy) is 2. The predicted octanol–water partition coefficient (Wildman–Crippen LogP) is 4.28. The van der Waals surface area contributed by atoms with Crippen molar-refractivity contribution in [2.75, 3.05) is 19.5 Å². The highest BCUT2D eigenvalue weighted by molar-refractivity contribution is 6.48. The van der Waals surface area contributed by atoms with Crippen molar-refractivity contribution < 1.29 is 19.1 Å². The molecule has 0 saturated heterocycles. The Kier molecular flexibility index (Phi) is 6.28. The number of pyridine rings is 2. The van der Waals surface area contributed by atoms with Crippen LogP contribution in [0, 0.1) is 6.92 Å². The molecular weight excluding hydrogens is 444 g/mol. The molecule has 8 nitrogen and oxygen atoms in total. The maximum absolute atomic E-state index is 13.3. The monoisotopic (exact) mass is 464 g/mol. The van der Waals surface area contributed by atoms with Gasteiger partial charge < -0.3 is 19.4 Å². The molecule has 1 amide bonds. The van der Waals surface area contributed by atoms with Crippen molar-refractivity contribution >= 4 is 39.9 Å². The third-order valence-electron chi connectivity index (χ3n) is 5.30. The molecule has 0 radical (unpaired) electrons. The van der Waals surface area contributed by atoms with Crippen molar-refractivity contribution in [2.45, 2.75) is 13.5 Å². The summed E-state index contributed by atoms with van der Waals surface area (Å²) in [7, 11) is 3.02. The summed E-state index contributed by atoms with van der Waals surface area (Å²) in [4.78, 5) is 34.3. The van der Waals surface area contributed by atoms with Crippen molar-refractivity contribution in [1.82, 2.24) is 14.5 Å². The van der Waals surface area contributed by atoms with Gasteiger partial charge in [-0.15, -0.1) is 0 Å². The second-order valence-electron chi connectivity index (χ2n) is 7.29. The lowest BCUT2D eigenvalue weighted by molar-refractivity contribution is -0.112. The standard InChI is InChI=1S/C24H21ClN4O4/c1-14-22(23(30)24(31)28-16-8-9-26-21(10-16)33-3)18-11-17(32-2)5-6-19(18)29(14)13-15-4-7-20(25)27-12-15/h4-12H,13H2,1-3H3,(H,26,28,31).